The fraction of sp³-hybridized carbons (Fsp3) is 0.0833. The van der Waals surface area contributed by atoms with Gasteiger partial charge in [-0.3, -0.25) is 5.21 Å². The van der Waals surface area contributed by atoms with Crippen molar-refractivity contribution in [2.75, 3.05) is 7.11 Å². The first-order valence-corrected chi connectivity index (χ1v) is 4.66. The van der Waals surface area contributed by atoms with E-state index in [0.717, 1.165) is 16.0 Å². The van der Waals surface area contributed by atoms with E-state index >= 15 is 0 Å². The highest BCUT2D eigenvalue weighted by Gasteiger charge is 2.15. The highest BCUT2D eigenvalue weighted by molar-refractivity contribution is 5.64. The summed E-state index contributed by atoms with van der Waals surface area (Å²) in [7, 11) is 1.61. The average molecular weight is 202 g/mol. The van der Waals surface area contributed by atoms with E-state index < -0.39 is 0 Å². The van der Waals surface area contributed by atoms with E-state index in [1.165, 1.54) is 0 Å². The van der Waals surface area contributed by atoms with Crippen LogP contribution >= 0.6 is 0 Å². The number of methoxy groups -OCH3 is 1. The summed E-state index contributed by atoms with van der Waals surface area (Å²) in [5.41, 5.74) is 1.57. The normalized spacial score (nSPS) is 9.93. The van der Waals surface area contributed by atoms with E-state index in [4.69, 9.17) is 4.74 Å². The fourth-order valence-electron chi connectivity index (χ4n) is 1.50. The molecule has 0 radical (unpaired) electrons. The number of aromatic nitrogens is 1. The van der Waals surface area contributed by atoms with E-state index in [9.17, 15) is 5.21 Å². The molecule has 2 rings (SSSR count). The van der Waals surface area contributed by atoms with E-state index in [2.05, 4.69) is 0 Å². The van der Waals surface area contributed by atoms with Gasteiger partial charge in [0.1, 0.15) is 5.75 Å². The monoisotopic (exact) mass is 202 g/mol. The van der Waals surface area contributed by atoms with Crippen LogP contribution in [0.2, 0.25) is 0 Å². The van der Waals surface area contributed by atoms with E-state index in [-0.39, 0.29) is 0 Å². The summed E-state index contributed by atoms with van der Waals surface area (Å²) in [4.78, 5) is 0. The largest absolute Gasteiger partial charge is 0.496 e. The van der Waals surface area contributed by atoms with Crippen LogP contribution in [0.3, 0.4) is 0 Å². The third-order valence-electron chi connectivity index (χ3n) is 2.22. The molecule has 0 aliphatic carbocycles. The van der Waals surface area contributed by atoms with Crippen LogP contribution in [-0.4, -0.2) is 12.3 Å². The summed E-state index contributed by atoms with van der Waals surface area (Å²) in [5.74, 6) is 0.742. The maximum Gasteiger partial charge on any atom is 0.268 e. The van der Waals surface area contributed by atoms with Crippen molar-refractivity contribution in [3.8, 4) is 17.0 Å². The summed E-state index contributed by atoms with van der Waals surface area (Å²) in [6, 6.07) is 13.0. The first-order valence-electron chi connectivity index (χ1n) is 4.66. The van der Waals surface area contributed by atoms with Crippen LogP contribution in [0, 0.1) is 0 Å². The predicted molar refractivity (Wildman–Crippen MR) is 55.8 cm³/mol. The minimum Gasteiger partial charge on any atom is -0.496 e. The number of para-hydroxylation sites is 1. The Morgan fingerprint density at radius 1 is 1.07 bits per heavy atom. The molecule has 0 spiro atoms. The second-order valence-electron chi connectivity index (χ2n) is 3.13. The van der Waals surface area contributed by atoms with Crippen LogP contribution in [0.15, 0.2) is 48.7 Å². The molecule has 76 valence electrons. The minimum atomic E-state index is 0.704. The molecule has 0 amide bonds. The smallest absolute Gasteiger partial charge is 0.268 e. The zero-order chi connectivity index (χ0) is 10.7. The van der Waals surface area contributed by atoms with Gasteiger partial charge < -0.3 is 4.74 Å². The molecule has 3 nitrogen and oxygen atoms in total. The predicted octanol–water partition coefficient (Wildman–Crippen LogP) is 1.89. The molecule has 0 bridgehead atoms. The van der Waals surface area contributed by atoms with Gasteiger partial charge in [0.25, 0.3) is 5.69 Å². The molecular weight excluding hydrogens is 190 g/mol. The number of benzene rings is 1. The molecule has 0 saturated carbocycles. The molecule has 1 aromatic carbocycles. The Bertz CT molecular complexity index is 469. The lowest BCUT2D eigenvalue weighted by atomic mass is 10.1. The lowest BCUT2D eigenvalue weighted by Crippen LogP contribution is -2.31. The lowest BCUT2D eigenvalue weighted by Gasteiger charge is -2.04. The van der Waals surface area contributed by atoms with Crippen LogP contribution in [0.25, 0.3) is 11.3 Å². The molecule has 0 aliphatic heterocycles. The van der Waals surface area contributed by atoms with Crippen molar-refractivity contribution in [3.63, 3.8) is 0 Å². The highest BCUT2D eigenvalue weighted by Crippen LogP contribution is 2.26. The average Bonchev–Trinajstić information content (AvgIpc) is 2.30. The number of hydrogen-bond donors (Lipinski definition) is 1. The Hall–Kier alpha value is -2.03. The molecule has 0 atom stereocenters. The minimum absolute atomic E-state index is 0.704. The van der Waals surface area contributed by atoms with Gasteiger partial charge in [-0.2, -0.15) is 0 Å². The molecule has 0 unspecified atom stereocenters. The Labute approximate surface area is 88.1 Å². The molecule has 15 heavy (non-hydrogen) atoms. The molecule has 1 N–H and O–H groups in total. The summed E-state index contributed by atoms with van der Waals surface area (Å²) >= 11 is 0. The van der Waals surface area contributed by atoms with Crippen molar-refractivity contribution >= 4 is 0 Å². The molecule has 0 saturated heterocycles. The van der Waals surface area contributed by atoms with Gasteiger partial charge in [-0.15, -0.1) is 0 Å². The SMILES string of the molecule is COc1ccccc1-c1cccc[n+]1O. The van der Waals surface area contributed by atoms with Crippen LogP contribution in [0.1, 0.15) is 0 Å². The number of ether oxygens (including phenoxy) is 1. The summed E-state index contributed by atoms with van der Waals surface area (Å²) in [6.45, 7) is 0. The first-order chi connectivity index (χ1) is 7.33. The first kappa shape index (κ1) is 9.52. The van der Waals surface area contributed by atoms with Gasteiger partial charge in [0, 0.05) is 16.9 Å². The van der Waals surface area contributed by atoms with E-state index in [1.807, 2.05) is 36.4 Å². The zero-order valence-corrected chi connectivity index (χ0v) is 8.42. The van der Waals surface area contributed by atoms with Crippen LogP contribution in [0.5, 0.6) is 5.75 Å². The van der Waals surface area contributed by atoms with Gasteiger partial charge in [0.05, 0.1) is 12.7 Å². The molecule has 1 aromatic heterocycles. The molecule has 1 heterocycles. The maximum absolute atomic E-state index is 9.65. The van der Waals surface area contributed by atoms with Gasteiger partial charge >= 0.3 is 0 Å². The standard InChI is InChI=1S/C12H12NO2/c1-15-12-8-3-2-6-10(12)11-7-4-5-9-13(11)14/h2-9,14H,1H3/q+1. The number of hydrogen-bond acceptors (Lipinski definition) is 2. The lowest BCUT2D eigenvalue weighted by molar-refractivity contribution is -0.896. The zero-order valence-electron chi connectivity index (χ0n) is 8.42. The molecule has 2 aromatic rings. The summed E-state index contributed by atoms with van der Waals surface area (Å²) < 4.78 is 6.31. The number of nitrogens with zero attached hydrogens (tertiary/aromatic N) is 1. The van der Waals surface area contributed by atoms with Crippen molar-refractivity contribution in [1.82, 2.24) is 0 Å². The van der Waals surface area contributed by atoms with Crippen LogP contribution in [0.4, 0.5) is 0 Å². The third-order valence-corrected chi connectivity index (χ3v) is 2.22. The molecular formula is C12H12NO2+. The van der Waals surface area contributed by atoms with Gasteiger partial charge in [-0.25, -0.2) is 0 Å². The van der Waals surface area contributed by atoms with Crippen molar-refractivity contribution in [3.05, 3.63) is 48.7 Å². The molecule has 0 aliphatic rings. The van der Waals surface area contributed by atoms with Gasteiger partial charge in [-0.05, 0) is 18.2 Å². The Kier molecular flexibility index (Phi) is 2.54. The third kappa shape index (κ3) is 1.76. The van der Waals surface area contributed by atoms with Crippen LogP contribution in [-0.2, 0) is 0 Å². The quantitative estimate of drug-likeness (QED) is 0.596. The van der Waals surface area contributed by atoms with Crippen LogP contribution < -0.4 is 9.47 Å². The maximum atomic E-state index is 9.65. The Morgan fingerprint density at radius 3 is 2.53 bits per heavy atom. The van der Waals surface area contributed by atoms with E-state index in [0.29, 0.717) is 5.69 Å². The fourth-order valence-corrected chi connectivity index (χ4v) is 1.50. The number of rotatable bonds is 2. The Balaban J connectivity index is 2.59. The van der Waals surface area contributed by atoms with Crippen molar-refractivity contribution in [1.29, 1.82) is 0 Å². The second-order valence-corrected chi connectivity index (χ2v) is 3.13. The topological polar surface area (TPSA) is 33.3 Å². The van der Waals surface area contributed by atoms with Crippen molar-refractivity contribution in [2.45, 2.75) is 0 Å². The second kappa shape index (κ2) is 4.00. The Morgan fingerprint density at radius 2 is 1.80 bits per heavy atom. The van der Waals surface area contributed by atoms with Crippen molar-refractivity contribution in [2.24, 2.45) is 0 Å². The highest BCUT2D eigenvalue weighted by atomic mass is 16.5. The van der Waals surface area contributed by atoms with E-state index in [1.54, 1.807) is 19.4 Å². The number of pyridine rings is 1. The summed E-state index contributed by atoms with van der Waals surface area (Å²) in [5, 5.41) is 9.65. The van der Waals surface area contributed by atoms with Gasteiger partial charge in [-0.1, -0.05) is 12.1 Å². The summed E-state index contributed by atoms with van der Waals surface area (Å²) in [6.07, 6.45) is 1.59. The van der Waals surface area contributed by atoms with Gasteiger partial charge in [0.2, 0.25) is 6.20 Å². The van der Waals surface area contributed by atoms with Crippen molar-refractivity contribution < 1.29 is 14.7 Å². The van der Waals surface area contributed by atoms with Gasteiger partial charge in [0.15, 0.2) is 0 Å². The molecule has 3 heteroatoms. The molecule has 0 fully saturated rings.